The number of carbonyl (C=O) groups is 1. The molecular formula is C13H15N3O4. The van der Waals surface area contributed by atoms with Crippen LogP contribution in [0.15, 0.2) is 18.2 Å². The fourth-order valence-electron chi connectivity index (χ4n) is 1.89. The Bertz CT molecular complexity index is 579. The summed E-state index contributed by atoms with van der Waals surface area (Å²) in [5.74, 6) is -1.10. The summed E-state index contributed by atoms with van der Waals surface area (Å²) in [5.41, 5.74) is -1.32. The van der Waals surface area contributed by atoms with E-state index in [1.807, 2.05) is 13.0 Å². The maximum Gasteiger partial charge on any atom is 0.329 e. The quantitative estimate of drug-likeness (QED) is 0.609. The summed E-state index contributed by atoms with van der Waals surface area (Å²) in [6.45, 7) is 3.28. The van der Waals surface area contributed by atoms with Gasteiger partial charge in [0.25, 0.3) is 5.69 Å². The van der Waals surface area contributed by atoms with Crippen LogP contribution in [0.3, 0.4) is 0 Å². The fraction of sp³-hybridized carbons (Fsp3) is 0.385. The number of nitriles is 1. The summed E-state index contributed by atoms with van der Waals surface area (Å²) in [6, 6.07) is 5.67. The maximum atomic E-state index is 11.4. The molecule has 7 heteroatoms. The molecule has 1 atom stereocenters. The molecule has 0 amide bonds. The zero-order valence-electron chi connectivity index (χ0n) is 11.2. The predicted octanol–water partition coefficient (Wildman–Crippen LogP) is 2.52. The molecule has 0 bridgehead atoms. The summed E-state index contributed by atoms with van der Waals surface area (Å²) in [4.78, 5) is 21.7. The first-order chi connectivity index (χ1) is 9.34. The van der Waals surface area contributed by atoms with Crippen LogP contribution in [0.1, 0.15) is 32.3 Å². The number of carboxylic acids is 1. The summed E-state index contributed by atoms with van der Waals surface area (Å²) < 4.78 is 0. The molecule has 0 saturated heterocycles. The highest BCUT2D eigenvalue weighted by molar-refractivity contribution is 5.83. The van der Waals surface area contributed by atoms with E-state index in [2.05, 4.69) is 5.32 Å². The van der Waals surface area contributed by atoms with Crippen molar-refractivity contribution < 1.29 is 14.8 Å². The fourth-order valence-corrected chi connectivity index (χ4v) is 1.89. The minimum Gasteiger partial charge on any atom is -0.480 e. The molecule has 2 N–H and O–H groups in total. The molecule has 0 radical (unpaired) electrons. The largest absolute Gasteiger partial charge is 0.480 e. The topological polar surface area (TPSA) is 116 Å². The number of nitro groups is 1. The number of hydrogen-bond donors (Lipinski definition) is 2. The molecule has 0 heterocycles. The monoisotopic (exact) mass is 277 g/mol. The zero-order chi connectivity index (χ0) is 15.3. The minimum absolute atomic E-state index is 0.0346. The van der Waals surface area contributed by atoms with Gasteiger partial charge in [-0.1, -0.05) is 13.3 Å². The summed E-state index contributed by atoms with van der Waals surface area (Å²) in [7, 11) is 0. The SMILES string of the molecule is CCCC(C)(Nc1cc(C#N)ccc1[N+](=O)[O-])C(=O)O. The van der Waals surface area contributed by atoms with Crippen LogP contribution < -0.4 is 5.32 Å². The number of nitro benzene ring substituents is 1. The van der Waals surface area contributed by atoms with E-state index in [0.717, 1.165) is 0 Å². The third kappa shape index (κ3) is 3.23. The summed E-state index contributed by atoms with van der Waals surface area (Å²) in [5, 5.41) is 31.8. The molecule has 106 valence electrons. The molecular weight excluding hydrogens is 262 g/mol. The highest BCUT2D eigenvalue weighted by Gasteiger charge is 2.34. The molecule has 1 aromatic rings. The molecule has 20 heavy (non-hydrogen) atoms. The van der Waals surface area contributed by atoms with E-state index in [4.69, 9.17) is 5.26 Å². The van der Waals surface area contributed by atoms with E-state index in [1.165, 1.54) is 25.1 Å². The molecule has 0 aliphatic rings. The predicted molar refractivity (Wildman–Crippen MR) is 72.4 cm³/mol. The van der Waals surface area contributed by atoms with Crippen molar-refractivity contribution in [3.63, 3.8) is 0 Å². The van der Waals surface area contributed by atoms with Crippen molar-refractivity contribution in [2.24, 2.45) is 0 Å². The Morgan fingerprint density at radius 2 is 2.25 bits per heavy atom. The summed E-state index contributed by atoms with van der Waals surface area (Å²) >= 11 is 0. The molecule has 0 aliphatic heterocycles. The molecule has 1 unspecified atom stereocenters. The van der Waals surface area contributed by atoms with Gasteiger partial charge in [0, 0.05) is 6.07 Å². The van der Waals surface area contributed by atoms with Crippen LogP contribution in [-0.2, 0) is 4.79 Å². The first kappa shape index (κ1) is 15.4. The van der Waals surface area contributed by atoms with Crippen molar-refractivity contribution in [3.05, 3.63) is 33.9 Å². The molecule has 0 aliphatic carbocycles. The lowest BCUT2D eigenvalue weighted by atomic mass is 9.95. The van der Waals surface area contributed by atoms with Crippen LogP contribution in [0.2, 0.25) is 0 Å². The number of aliphatic carboxylic acids is 1. The van der Waals surface area contributed by atoms with Crippen molar-refractivity contribution >= 4 is 17.3 Å². The van der Waals surface area contributed by atoms with Crippen LogP contribution in [0.25, 0.3) is 0 Å². The minimum atomic E-state index is -1.33. The first-order valence-corrected chi connectivity index (χ1v) is 6.04. The molecule has 7 nitrogen and oxygen atoms in total. The standard InChI is InChI=1S/C13H15N3O4/c1-3-6-13(2,12(17)18)15-10-7-9(8-14)4-5-11(10)16(19)20/h4-5,7,15H,3,6H2,1-2H3,(H,17,18). The van der Waals surface area contributed by atoms with Crippen molar-refractivity contribution in [1.82, 2.24) is 0 Å². The Hall–Kier alpha value is -2.62. The second-order valence-corrected chi connectivity index (χ2v) is 4.61. The lowest BCUT2D eigenvalue weighted by molar-refractivity contribution is -0.384. The van der Waals surface area contributed by atoms with Gasteiger partial charge in [0.1, 0.15) is 11.2 Å². The second-order valence-electron chi connectivity index (χ2n) is 4.61. The van der Waals surface area contributed by atoms with E-state index < -0.39 is 16.4 Å². The van der Waals surface area contributed by atoms with Crippen molar-refractivity contribution in [3.8, 4) is 6.07 Å². The van der Waals surface area contributed by atoms with Gasteiger partial charge in [0.2, 0.25) is 0 Å². The average molecular weight is 277 g/mol. The highest BCUT2D eigenvalue weighted by atomic mass is 16.6. The van der Waals surface area contributed by atoms with Gasteiger partial charge in [-0.25, -0.2) is 4.79 Å². The molecule has 0 aromatic heterocycles. The Labute approximate surface area is 116 Å². The van der Waals surface area contributed by atoms with E-state index in [9.17, 15) is 20.0 Å². The molecule has 1 rings (SSSR count). The lowest BCUT2D eigenvalue weighted by Crippen LogP contribution is -2.43. The van der Waals surface area contributed by atoms with Gasteiger partial charge in [0.05, 0.1) is 16.6 Å². The van der Waals surface area contributed by atoms with Crippen molar-refractivity contribution in [2.45, 2.75) is 32.2 Å². The van der Waals surface area contributed by atoms with E-state index in [-0.39, 0.29) is 16.9 Å². The number of benzene rings is 1. The third-order valence-corrected chi connectivity index (χ3v) is 2.95. The molecule has 0 spiro atoms. The van der Waals surface area contributed by atoms with E-state index >= 15 is 0 Å². The number of nitrogens with zero attached hydrogens (tertiary/aromatic N) is 2. The number of anilines is 1. The first-order valence-electron chi connectivity index (χ1n) is 6.04. The Morgan fingerprint density at radius 1 is 1.60 bits per heavy atom. The third-order valence-electron chi connectivity index (χ3n) is 2.95. The second kappa shape index (κ2) is 6.02. The lowest BCUT2D eigenvalue weighted by Gasteiger charge is -2.26. The van der Waals surface area contributed by atoms with Crippen LogP contribution in [0, 0.1) is 21.4 Å². The van der Waals surface area contributed by atoms with Gasteiger partial charge in [-0.3, -0.25) is 10.1 Å². The zero-order valence-corrected chi connectivity index (χ0v) is 11.2. The molecule has 1 aromatic carbocycles. The van der Waals surface area contributed by atoms with Gasteiger partial charge in [-0.15, -0.1) is 0 Å². The Morgan fingerprint density at radius 3 is 2.70 bits per heavy atom. The van der Waals surface area contributed by atoms with Gasteiger partial charge in [0.15, 0.2) is 0 Å². The number of hydrogen-bond acceptors (Lipinski definition) is 5. The van der Waals surface area contributed by atoms with Crippen molar-refractivity contribution in [2.75, 3.05) is 5.32 Å². The smallest absolute Gasteiger partial charge is 0.329 e. The van der Waals surface area contributed by atoms with E-state index in [0.29, 0.717) is 12.8 Å². The number of nitrogens with one attached hydrogen (secondary N) is 1. The number of rotatable bonds is 6. The van der Waals surface area contributed by atoms with Crippen LogP contribution >= 0.6 is 0 Å². The number of carboxylic acid groups (broad SMARTS) is 1. The van der Waals surface area contributed by atoms with Crippen LogP contribution in [0.4, 0.5) is 11.4 Å². The Balaban J connectivity index is 3.27. The molecule has 0 saturated carbocycles. The highest BCUT2D eigenvalue weighted by Crippen LogP contribution is 2.29. The molecule has 0 fully saturated rings. The van der Waals surface area contributed by atoms with Gasteiger partial charge < -0.3 is 10.4 Å². The van der Waals surface area contributed by atoms with Gasteiger partial charge in [-0.2, -0.15) is 5.26 Å². The Kier molecular flexibility index (Phi) is 4.64. The van der Waals surface area contributed by atoms with E-state index in [1.54, 1.807) is 0 Å². The average Bonchev–Trinajstić information content (AvgIpc) is 2.38. The summed E-state index contributed by atoms with van der Waals surface area (Å²) in [6.07, 6.45) is 0.901. The maximum absolute atomic E-state index is 11.4. The van der Waals surface area contributed by atoms with Gasteiger partial charge >= 0.3 is 5.97 Å². The van der Waals surface area contributed by atoms with Crippen LogP contribution in [0.5, 0.6) is 0 Å². The normalized spacial score (nSPS) is 13.1. The van der Waals surface area contributed by atoms with Crippen LogP contribution in [-0.4, -0.2) is 21.5 Å². The van der Waals surface area contributed by atoms with Gasteiger partial charge in [-0.05, 0) is 25.5 Å². The van der Waals surface area contributed by atoms with Crippen molar-refractivity contribution in [1.29, 1.82) is 5.26 Å².